The molecule has 86 valence electrons. The molecule has 0 radical (unpaired) electrons. The minimum absolute atomic E-state index is 0.0156. The van der Waals surface area contributed by atoms with E-state index in [2.05, 4.69) is 5.10 Å². The van der Waals surface area contributed by atoms with Gasteiger partial charge in [0.2, 0.25) is 0 Å². The second kappa shape index (κ2) is 4.98. The number of amides is 2. The molecule has 0 saturated carbocycles. The van der Waals surface area contributed by atoms with Crippen molar-refractivity contribution < 1.29 is 16.7 Å². The summed E-state index contributed by atoms with van der Waals surface area (Å²) in [5, 5.41) is 3.49. The quantitative estimate of drug-likeness (QED) is 0.299. The predicted molar refractivity (Wildman–Crippen MR) is 57.3 cm³/mol. The van der Waals surface area contributed by atoms with Gasteiger partial charge in [0.15, 0.2) is 0 Å². The number of nitrogens with one attached hydrogen (secondary N) is 1. The van der Waals surface area contributed by atoms with E-state index in [-0.39, 0.29) is 4.35 Å². The molecule has 0 saturated heterocycles. The number of hydrazone groups is 1. The van der Waals surface area contributed by atoms with E-state index in [4.69, 9.17) is 13.9 Å². The van der Waals surface area contributed by atoms with Crippen LogP contribution in [-0.4, -0.2) is 34.6 Å². The molecule has 0 aliphatic carbocycles. The Morgan fingerprint density at radius 1 is 1.38 bits per heavy atom. The number of nitrogens with two attached hydrogens (primary N) is 1. The summed E-state index contributed by atoms with van der Waals surface area (Å²) in [5.74, 6) is 0. The third kappa shape index (κ3) is 3.90. The molecule has 0 aromatic heterocycles. The standard InChI is InChI=1S/C8H10AsN3O4/c10-8(13)12-11-5-6-1-3-7(4-2-6)9(14,15)16/h1-5H,(H3,10,12,13)(H2,14,15,16)/b11-5+. The number of hydrogen-bond donors (Lipinski definition) is 4. The Kier molecular flexibility index (Phi) is 3.89. The predicted octanol–water partition coefficient (Wildman–Crippen LogP) is -1.75. The van der Waals surface area contributed by atoms with Crippen molar-refractivity contribution in [1.29, 1.82) is 0 Å². The fourth-order valence-electron chi connectivity index (χ4n) is 0.925. The van der Waals surface area contributed by atoms with E-state index >= 15 is 0 Å². The van der Waals surface area contributed by atoms with Crippen LogP contribution in [0.5, 0.6) is 0 Å². The van der Waals surface area contributed by atoms with Gasteiger partial charge in [0.25, 0.3) is 0 Å². The van der Waals surface area contributed by atoms with Gasteiger partial charge in [-0.2, -0.15) is 0 Å². The number of benzene rings is 1. The Labute approximate surface area is 94.0 Å². The SMILES string of the molecule is NC(=O)N/N=C/c1ccc([As](=O)(O)O)cc1. The van der Waals surface area contributed by atoms with Crippen LogP contribution in [0.1, 0.15) is 5.56 Å². The van der Waals surface area contributed by atoms with Crippen molar-refractivity contribution in [1.82, 2.24) is 5.43 Å². The number of primary amides is 1. The first-order valence-electron chi connectivity index (χ1n) is 4.14. The van der Waals surface area contributed by atoms with Gasteiger partial charge in [-0.25, -0.2) is 0 Å². The fraction of sp³-hybridized carbons (Fsp3) is 0. The van der Waals surface area contributed by atoms with Gasteiger partial charge in [0.1, 0.15) is 0 Å². The second-order valence-corrected chi connectivity index (χ2v) is 6.24. The molecule has 0 atom stereocenters. The van der Waals surface area contributed by atoms with Gasteiger partial charge in [-0.1, -0.05) is 0 Å². The van der Waals surface area contributed by atoms with Crippen molar-refractivity contribution in [3.8, 4) is 0 Å². The zero-order valence-corrected chi connectivity index (χ0v) is 9.95. The number of nitrogens with zero attached hydrogens (tertiary/aromatic N) is 1. The van der Waals surface area contributed by atoms with Crippen LogP contribution in [0.4, 0.5) is 4.79 Å². The molecular weight excluding hydrogens is 277 g/mol. The minimum atomic E-state index is -4.82. The topological polar surface area (TPSA) is 125 Å². The summed E-state index contributed by atoms with van der Waals surface area (Å²) < 4.78 is 28.7. The number of carbonyl (C=O) groups is 1. The van der Waals surface area contributed by atoms with Crippen LogP contribution in [-0.2, 0) is 3.74 Å². The first-order chi connectivity index (χ1) is 7.39. The maximum atomic E-state index is 10.9. The van der Waals surface area contributed by atoms with Gasteiger partial charge >= 0.3 is 93.6 Å². The first-order valence-corrected chi connectivity index (χ1v) is 7.52. The molecular formula is C8H10AsN3O4. The average Bonchev–Trinajstić information content (AvgIpc) is 2.16. The summed E-state index contributed by atoms with van der Waals surface area (Å²) in [5.41, 5.74) is 7.36. The van der Waals surface area contributed by atoms with Gasteiger partial charge in [-0.3, -0.25) is 0 Å². The molecule has 0 spiro atoms. The Morgan fingerprint density at radius 2 is 1.94 bits per heavy atom. The van der Waals surface area contributed by atoms with Crippen molar-refractivity contribution in [2.45, 2.75) is 0 Å². The molecule has 0 aliphatic heterocycles. The molecule has 0 bridgehead atoms. The van der Waals surface area contributed by atoms with E-state index in [9.17, 15) is 8.53 Å². The van der Waals surface area contributed by atoms with Crippen LogP contribution in [0.2, 0.25) is 0 Å². The van der Waals surface area contributed by atoms with Crippen LogP contribution < -0.4 is 15.5 Å². The van der Waals surface area contributed by atoms with Gasteiger partial charge in [0, 0.05) is 0 Å². The fourth-order valence-corrected chi connectivity index (χ4v) is 2.05. The molecule has 0 heterocycles. The third-order valence-electron chi connectivity index (χ3n) is 1.62. The van der Waals surface area contributed by atoms with E-state index in [0.29, 0.717) is 5.56 Å². The summed E-state index contributed by atoms with van der Waals surface area (Å²) in [6.45, 7) is 0. The molecule has 16 heavy (non-hydrogen) atoms. The number of carbonyl (C=O) groups excluding carboxylic acids is 1. The van der Waals surface area contributed by atoms with Crippen LogP contribution >= 0.6 is 0 Å². The molecule has 1 rings (SSSR count). The van der Waals surface area contributed by atoms with Gasteiger partial charge in [0.05, 0.1) is 0 Å². The van der Waals surface area contributed by atoms with E-state index < -0.39 is 20.2 Å². The van der Waals surface area contributed by atoms with E-state index in [1.807, 2.05) is 5.43 Å². The normalized spacial score (nSPS) is 11.6. The van der Waals surface area contributed by atoms with Crippen LogP contribution in [0.25, 0.3) is 0 Å². The average molecular weight is 287 g/mol. The summed E-state index contributed by atoms with van der Waals surface area (Å²) in [6, 6.07) is 4.78. The molecule has 1 aromatic rings. The van der Waals surface area contributed by atoms with Crippen LogP contribution in [0.15, 0.2) is 29.4 Å². The van der Waals surface area contributed by atoms with Gasteiger partial charge in [-0.15, -0.1) is 0 Å². The number of urea groups is 1. The number of hydrogen-bond acceptors (Lipinski definition) is 3. The maximum absolute atomic E-state index is 10.9. The van der Waals surface area contributed by atoms with Crippen molar-refractivity contribution in [2.24, 2.45) is 10.8 Å². The molecule has 8 heteroatoms. The van der Waals surface area contributed by atoms with Crippen molar-refractivity contribution in [3.63, 3.8) is 0 Å². The number of rotatable bonds is 3. The molecule has 0 unspecified atom stereocenters. The summed E-state index contributed by atoms with van der Waals surface area (Å²) in [4.78, 5) is 10.3. The molecule has 2 amide bonds. The zero-order chi connectivity index (χ0) is 12.2. The first kappa shape index (κ1) is 12.5. The Morgan fingerprint density at radius 3 is 2.38 bits per heavy atom. The summed E-state index contributed by atoms with van der Waals surface area (Å²) in [7, 11) is 0. The molecule has 5 N–H and O–H groups in total. The van der Waals surface area contributed by atoms with Crippen molar-refractivity contribution >= 4 is 30.8 Å². The third-order valence-corrected chi connectivity index (χ3v) is 3.65. The van der Waals surface area contributed by atoms with E-state index in [1.54, 1.807) is 0 Å². The Balaban J connectivity index is 2.76. The van der Waals surface area contributed by atoms with Crippen LogP contribution in [0.3, 0.4) is 0 Å². The monoisotopic (exact) mass is 287 g/mol. The Bertz CT molecular complexity index is 451. The molecule has 0 fully saturated rings. The Hall–Kier alpha value is -1.56. The van der Waals surface area contributed by atoms with Gasteiger partial charge < -0.3 is 0 Å². The zero-order valence-electron chi connectivity index (χ0n) is 8.07. The van der Waals surface area contributed by atoms with Gasteiger partial charge in [-0.05, 0) is 0 Å². The van der Waals surface area contributed by atoms with Crippen molar-refractivity contribution in [3.05, 3.63) is 29.8 Å². The van der Waals surface area contributed by atoms with Crippen LogP contribution in [0, 0.1) is 0 Å². The molecule has 1 aromatic carbocycles. The summed E-state index contributed by atoms with van der Waals surface area (Å²) >= 11 is -4.82. The van der Waals surface area contributed by atoms with E-state index in [1.165, 1.54) is 30.5 Å². The second-order valence-electron chi connectivity index (χ2n) is 2.87. The molecule has 0 aliphatic rings. The molecule has 7 nitrogen and oxygen atoms in total. The van der Waals surface area contributed by atoms with Crippen molar-refractivity contribution in [2.75, 3.05) is 0 Å². The van der Waals surface area contributed by atoms with E-state index in [0.717, 1.165) is 0 Å². The summed E-state index contributed by atoms with van der Waals surface area (Å²) in [6.07, 6.45) is 1.31.